The molecule has 0 radical (unpaired) electrons. The normalized spacial score (nSPS) is 18.1. The molecule has 0 unspecified atom stereocenters. The maximum Gasteiger partial charge on any atom is 0.287 e. The van der Waals surface area contributed by atoms with Gasteiger partial charge in [-0.1, -0.05) is 24.3 Å². The standard InChI is InChI=1S/C26H29N5O3/c1-31(2)24-19-8-4-5-9-20(19)29-26(30-24)28-18-13-11-17(12-14-18)27-25(32)22-15-16-7-6-10-21(33-3)23(16)34-22/h4-10,15,17-18H,11-14H2,1-3H3,(H,27,32)(H,28,29,30)/t17-,18+. The summed E-state index contributed by atoms with van der Waals surface area (Å²) in [5.74, 6) is 2.28. The highest BCUT2D eigenvalue weighted by molar-refractivity contribution is 5.97. The van der Waals surface area contributed by atoms with E-state index in [1.807, 2.05) is 61.5 Å². The summed E-state index contributed by atoms with van der Waals surface area (Å²) in [5.41, 5.74) is 1.52. The number of hydrogen-bond donors (Lipinski definition) is 2. The van der Waals surface area contributed by atoms with Crippen LogP contribution in [-0.4, -0.2) is 49.2 Å². The van der Waals surface area contributed by atoms with Crippen molar-refractivity contribution in [3.63, 3.8) is 0 Å². The highest BCUT2D eigenvalue weighted by Gasteiger charge is 2.25. The number of carbonyl (C=O) groups is 1. The summed E-state index contributed by atoms with van der Waals surface area (Å²) >= 11 is 0. The van der Waals surface area contributed by atoms with E-state index in [0.717, 1.165) is 47.8 Å². The quantitative estimate of drug-likeness (QED) is 0.435. The molecule has 176 valence electrons. The predicted octanol–water partition coefficient (Wildman–Crippen LogP) is 4.60. The van der Waals surface area contributed by atoms with Crippen LogP contribution in [0, 0.1) is 0 Å². The molecule has 2 aromatic carbocycles. The average Bonchev–Trinajstić information content (AvgIpc) is 3.29. The topological polar surface area (TPSA) is 92.5 Å². The molecule has 1 saturated carbocycles. The van der Waals surface area contributed by atoms with Crippen LogP contribution in [0.4, 0.5) is 11.8 Å². The van der Waals surface area contributed by atoms with Gasteiger partial charge in [-0.05, 0) is 49.9 Å². The van der Waals surface area contributed by atoms with E-state index < -0.39 is 0 Å². The summed E-state index contributed by atoms with van der Waals surface area (Å²) in [4.78, 5) is 24.3. The molecule has 0 atom stereocenters. The van der Waals surface area contributed by atoms with Crippen molar-refractivity contribution in [1.82, 2.24) is 15.3 Å². The lowest BCUT2D eigenvalue weighted by Gasteiger charge is -2.29. The molecule has 1 amide bonds. The van der Waals surface area contributed by atoms with Crippen molar-refractivity contribution in [1.29, 1.82) is 0 Å². The van der Waals surface area contributed by atoms with Crippen molar-refractivity contribution in [3.05, 3.63) is 54.3 Å². The lowest BCUT2D eigenvalue weighted by Crippen LogP contribution is -2.40. The number of anilines is 2. The van der Waals surface area contributed by atoms with Gasteiger partial charge in [0.25, 0.3) is 5.91 Å². The number of nitrogens with one attached hydrogen (secondary N) is 2. The molecule has 0 saturated heterocycles. The summed E-state index contributed by atoms with van der Waals surface area (Å²) in [7, 11) is 5.57. The Morgan fingerprint density at radius 1 is 1.03 bits per heavy atom. The van der Waals surface area contributed by atoms with Gasteiger partial charge in [-0.2, -0.15) is 4.98 Å². The first kappa shape index (κ1) is 22.0. The monoisotopic (exact) mass is 459 g/mol. The van der Waals surface area contributed by atoms with Crippen molar-refractivity contribution in [3.8, 4) is 5.75 Å². The first-order valence-electron chi connectivity index (χ1n) is 11.6. The Balaban J connectivity index is 1.21. The van der Waals surface area contributed by atoms with E-state index in [-0.39, 0.29) is 18.0 Å². The van der Waals surface area contributed by atoms with E-state index in [0.29, 0.717) is 23.0 Å². The van der Waals surface area contributed by atoms with E-state index in [2.05, 4.69) is 10.6 Å². The summed E-state index contributed by atoms with van der Waals surface area (Å²) in [6.45, 7) is 0. The van der Waals surface area contributed by atoms with Crippen LogP contribution in [0.1, 0.15) is 36.2 Å². The molecule has 0 spiro atoms. The number of methoxy groups -OCH3 is 1. The largest absolute Gasteiger partial charge is 0.493 e. The van der Waals surface area contributed by atoms with Crippen LogP contribution in [0.2, 0.25) is 0 Å². The SMILES string of the molecule is COc1cccc2cc(C(=O)N[C@H]3CC[C@@H](Nc4nc(N(C)C)c5ccccc5n4)CC3)oc12. The molecule has 34 heavy (non-hydrogen) atoms. The van der Waals surface area contributed by atoms with Crippen molar-refractivity contribution >= 4 is 39.5 Å². The molecule has 4 aromatic rings. The van der Waals surface area contributed by atoms with Crippen molar-refractivity contribution in [2.24, 2.45) is 0 Å². The lowest BCUT2D eigenvalue weighted by atomic mass is 9.91. The third kappa shape index (κ3) is 4.35. The van der Waals surface area contributed by atoms with Crippen LogP contribution in [0.3, 0.4) is 0 Å². The third-order valence-electron chi connectivity index (χ3n) is 6.35. The van der Waals surface area contributed by atoms with Crippen molar-refractivity contribution < 1.29 is 13.9 Å². The highest BCUT2D eigenvalue weighted by Crippen LogP contribution is 2.29. The number of hydrogen-bond acceptors (Lipinski definition) is 7. The fraction of sp³-hybridized carbons (Fsp3) is 0.346. The molecule has 0 aliphatic heterocycles. The number of nitrogens with zero attached hydrogens (tertiary/aromatic N) is 3. The minimum Gasteiger partial charge on any atom is -0.493 e. The van der Waals surface area contributed by atoms with E-state index in [1.54, 1.807) is 13.2 Å². The highest BCUT2D eigenvalue weighted by atomic mass is 16.5. The number of para-hydroxylation sites is 2. The molecule has 2 N–H and O–H groups in total. The second-order valence-electron chi connectivity index (χ2n) is 8.94. The number of benzene rings is 2. The van der Waals surface area contributed by atoms with Gasteiger partial charge in [-0.15, -0.1) is 0 Å². The average molecular weight is 460 g/mol. The van der Waals surface area contributed by atoms with Crippen molar-refractivity contribution in [2.75, 3.05) is 31.4 Å². The minimum absolute atomic E-state index is 0.107. The lowest BCUT2D eigenvalue weighted by molar-refractivity contribution is 0.0900. The molecule has 8 nitrogen and oxygen atoms in total. The molecule has 2 aromatic heterocycles. The van der Waals surface area contributed by atoms with Crippen LogP contribution in [0.15, 0.2) is 52.9 Å². The Labute approximate surface area is 198 Å². The van der Waals surface area contributed by atoms with E-state index in [9.17, 15) is 4.79 Å². The molecule has 5 rings (SSSR count). The Bertz CT molecular complexity index is 1320. The Kier molecular flexibility index (Phi) is 5.96. The number of ether oxygens (including phenoxy) is 1. The Hall–Kier alpha value is -3.81. The Morgan fingerprint density at radius 2 is 1.79 bits per heavy atom. The van der Waals surface area contributed by atoms with Crippen LogP contribution >= 0.6 is 0 Å². The van der Waals surface area contributed by atoms with Crippen LogP contribution < -0.4 is 20.3 Å². The number of fused-ring (bicyclic) bond motifs is 2. The Morgan fingerprint density at radius 3 is 2.56 bits per heavy atom. The molecule has 1 aliphatic rings. The maximum atomic E-state index is 12.8. The van der Waals surface area contributed by atoms with Crippen LogP contribution in [-0.2, 0) is 0 Å². The van der Waals surface area contributed by atoms with Crippen molar-refractivity contribution in [2.45, 2.75) is 37.8 Å². The summed E-state index contributed by atoms with van der Waals surface area (Å²) in [6, 6.07) is 15.8. The zero-order valence-electron chi connectivity index (χ0n) is 19.7. The summed E-state index contributed by atoms with van der Waals surface area (Å²) in [6.07, 6.45) is 3.60. The number of amides is 1. The molecular weight excluding hydrogens is 430 g/mol. The van der Waals surface area contributed by atoms with E-state index in [1.165, 1.54) is 0 Å². The number of aromatic nitrogens is 2. The molecular formula is C26H29N5O3. The number of furan rings is 1. The van der Waals surface area contributed by atoms with Crippen LogP contribution in [0.5, 0.6) is 5.75 Å². The molecule has 1 fully saturated rings. The fourth-order valence-electron chi connectivity index (χ4n) is 4.60. The van der Waals surface area contributed by atoms with Gasteiger partial charge in [0.2, 0.25) is 5.95 Å². The van der Waals surface area contributed by atoms with E-state index in [4.69, 9.17) is 19.1 Å². The van der Waals surface area contributed by atoms with Gasteiger partial charge in [-0.3, -0.25) is 4.79 Å². The van der Waals surface area contributed by atoms with Gasteiger partial charge in [0.05, 0.1) is 12.6 Å². The zero-order chi connectivity index (χ0) is 23.7. The first-order chi connectivity index (χ1) is 16.5. The maximum absolute atomic E-state index is 12.8. The van der Waals surface area contributed by atoms with Gasteiger partial charge in [0.15, 0.2) is 17.1 Å². The second-order valence-corrected chi connectivity index (χ2v) is 8.94. The first-order valence-corrected chi connectivity index (χ1v) is 11.6. The fourth-order valence-corrected chi connectivity index (χ4v) is 4.60. The number of carbonyl (C=O) groups excluding carboxylic acids is 1. The second kappa shape index (κ2) is 9.21. The van der Waals surface area contributed by atoms with Crippen LogP contribution in [0.25, 0.3) is 21.9 Å². The zero-order valence-corrected chi connectivity index (χ0v) is 19.7. The molecule has 2 heterocycles. The smallest absolute Gasteiger partial charge is 0.287 e. The summed E-state index contributed by atoms with van der Waals surface area (Å²) < 4.78 is 11.1. The van der Waals surface area contributed by atoms with Gasteiger partial charge < -0.3 is 24.7 Å². The molecule has 0 bridgehead atoms. The molecule has 8 heteroatoms. The van der Waals surface area contributed by atoms with Gasteiger partial charge in [0, 0.05) is 37.0 Å². The predicted molar refractivity (Wildman–Crippen MR) is 134 cm³/mol. The minimum atomic E-state index is -0.192. The van der Waals surface area contributed by atoms with Gasteiger partial charge in [0.1, 0.15) is 5.82 Å². The molecule has 1 aliphatic carbocycles. The third-order valence-corrected chi connectivity index (χ3v) is 6.35. The van der Waals surface area contributed by atoms with Gasteiger partial charge in [-0.25, -0.2) is 4.98 Å². The number of rotatable bonds is 6. The summed E-state index contributed by atoms with van der Waals surface area (Å²) in [5, 5.41) is 8.52. The van der Waals surface area contributed by atoms with E-state index >= 15 is 0 Å². The van der Waals surface area contributed by atoms with Gasteiger partial charge >= 0.3 is 0 Å².